The largest absolute Gasteiger partial charge is 0.341 e. The number of carbonyl (C=O) groups is 2. The molecule has 0 spiro atoms. The van der Waals surface area contributed by atoms with Crippen LogP contribution in [-0.2, 0) is 9.59 Å². The molecule has 0 aromatic rings. The first kappa shape index (κ1) is 14.5. The quantitative estimate of drug-likeness (QED) is 0.786. The van der Waals surface area contributed by atoms with E-state index in [1.165, 1.54) is 12.8 Å². The highest BCUT2D eigenvalue weighted by molar-refractivity contribution is 5.87. The van der Waals surface area contributed by atoms with Gasteiger partial charge in [-0.2, -0.15) is 0 Å². The van der Waals surface area contributed by atoms with Crippen molar-refractivity contribution in [2.45, 2.75) is 59.3 Å². The van der Waals surface area contributed by atoms with Crippen LogP contribution in [-0.4, -0.2) is 29.7 Å². The second-order valence-corrected chi connectivity index (χ2v) is 6.95. The molecule has 0 aromatic carbocycles. The monoisotopic (exact) mass is 265 g/mol. The highest BCUT2D eigenvalue weighted by Gasteiger charge is 2.44. The molecule has 0 aromatic heterocycles. The molecule has 2 fully saturated rings. The number of hydrogen-bond donors (Lipinski definition) is 0. The van der Waals surface area contributed by atoms with Crippen LogP contribution in [0.15, 0.2) is 0 Å². The molecule has 1 saturated carbocycles. The minimum absolute atomic E-state index is 0.0233. The van der Waals surface area contributed by atoms with E-state index < -0.39 is 0 Å². The molecule has 108 valence electrons. The normalized spacial score (nSPS) is 27.1. The van der Waals surface area contributed by atoms with Gasteiger partial charge in [0.1, 0.15) is 5.78 Å². The lowest BCUT2D eigenvalue weighted by molar-refractivity contribution is -0.146. The Morgan fingerprint density at radius 2 is 2.00 bits per heavy atom. The van der Waals surface area contributed by atoms with Crippen molar-refractivity contribution in [2.75, 3.05) is 13.1 Å². The SMILES string of the molecule is CC(C)CC1(C(=O)N2CCC(=O)C(C)C2)CCCC1. The number of ketones is 1. The summed E-state index contributed by atoms with van der Waals surface area (Å²) < 4.78 is 0. The first-order valence-corrected chi connectivity index (χ1v) is 7.77. The van der Waals surface area contributed by atoms with Crippen LogP contribution in [0.4, 0.5) is 0 Å². The molecule has 0 bridgehead atoms. The zero-order valence-electron chi connectivity index (χ0n) is 12.6. The van der Waals surface area contributed by atoms with E-state index >= 15 is 0 Å². The summed E-state index contributed by atoms with van der Waals surface area (Å²) in [7, 11) is 0. The Morgan fingerprint density at radius 1 is 1.37 bits per heavy atom. The average Bonchev–Trinajstić information content (AvgIpc) is 2.80. The average molecular weight is 265 g/mol. The van der Waals surface area contributed by atoms with E-state index in [0.29, 0.717) is 37.1 Å². The number of likely N-dealkylation sites (tertiary alicyclic amines) is 1. The van der Waals surface area contributed by atoms with E-state index in [1.54, 1.807) is 0 Å². The molecule has 1 heterocycles. The number of piperidine rings is 1. The molecule has 1 aliphatic heterocycles. The van der Waals surface area contributed by atoms with E-state index in [9.17, 15) is 9.59 Å². The van der Waals surface area contributed by atoms with Crippen LogP contribution in [0.5, 0.6) is 0 Å². The molecule has 1 atom stereocenters. The summed E-state index contributed by atoms with van der Waals surface area (Å²) in [5.74, 6) is 1.23. The van der Waals surface area contributed by atoms with E-state index in [-0.39, 0.29) is 11.3 Å². The van der Waals surface area contributed by atoms with Gasteiger partial charge in [-0.05, 0) is 25.2 Å². The van der Waals surface area contributed by atoms with Gasteiger partial charge in [-0.25, -0.2) is 0 Å². The van der Waals surface area contributed by atoms with Crippen LogP contribution in [0.25, 0.3) is 0 Å². The summed E-state index contributed by atoms with van der Waals surface area (Å²) in [6.45, 7) is 7.64. The van der Waals surface area contributed by atoms with Gasteiger partial charge >= 0.3 is 0 Å². The number of rotatable bonds is 3. The molecule has 1 unspecified atom stereocenters. The van der Waals surface area contributed by atoms with Crippen LogP contribution in [0.3, 0.4) is 0 Å². The molecule has 0 radical (unpaired) electrons. The second-order valence-electron chi connectivity index (χ2n) is 6.95. The summed E-state index contributed by atoms with van der Waals surface area (Å²) >= 11 is 0. The van der Waals surface area contributed by atoms with E-state index in [1.807, 2.05) is 11.8 Å². The second kappa shape index (κ2) is 5.64. The maximum Gasteiger partial charge on any atom is 0.228 e. The maximum atomic E-state index is 12.9. The van der Waals surface area contributed by atoms with Crippen LogP contribution in [0.1, 0.15) is 59.3 Å². The molecular weight excluding hydrogens is 238 g/mol. The number of amides is 1. The topological polar surface area (TPSA) is 37.4 Å². The first-order chi connectivity index (χ1) is 8.94. The molecule has 2 aliphatic rings. The van der Waals surface area contributed by atoms with Crippen molar-refractivity contribution in [1.82, 2.24) is 4.90 Å². The van der Waals surface area contributed by atoms with Gasteiger partial charge in [0.05, 0.1) is 0 Å². The van der Waals surface area contributed by atoms with Crippen LogP contribution in [0.2, 0.25) is 0 Å². The van der Waals surface area contributed by atoms with Gasteiger partial charge in [-0.15, -0.1) is 0 Å². The van der Waals surface area contributed by atoms with E-state index in [2.05, 4.69) is 13.8 Å². The number of carbonyl (C=O) groups excluding carboxylic acids is 2. The Labute approximate surface area is 116 Å². The lowest BCUT2D eigenvalue weighted by Crippen LogP contribution is -2.49. The fraction of sp³-hybridized carbons (Fsp3) is 0.875. The third-order valence-electron chi connectivity index (χ3n) is 4.77. The highest BCUT2D eigenvalue weighted by Crippen LogP contribution is 2.45. The lowest BCUT2D eigenvalue weighted by atomic mass is 9.76. The Kier molecular flexibility index (Phi) is 4.32. The minimum Gasteiger partial charge on any atom is -0.341 e. The van der Waals surface area contributed by atoms with Crippen molar-refractivity contribution >= 4 is 11.7 Å². The Balaban J connectivity index is 2.09. The molecule has 1 saturated heterocycles. The van der Waals surface area contributed by atoms with Gasteiger partial charge in [-0.3, -0.25) is 9.59 Å². The third-order valence-corrected chi connectivity index (χ3v) is 4.77. The van der Waals surface area contributed by atoms with Gasteiger partial charge in [0, 0.05) is 30.8 Å². The van der Waals surface area contributed by atoms with Crippen LogP contribution < -0.4 is 0 Å². The fourth-order valence-corrected chi connectivity index (χ4v) is 3.87. The summed E-state index contributed by atoms with van der Waals surface area (Å²) in [5.41, 5.74) is -0.117. The lowest BCUT2D eigenvalue weighted by Gasteiger charge is -2.38. The predicted octanol–water partition coefficient (Wildman–Crippen LogP) is 3.03. The standard InChI is InChI=1S/C16H27NO2/c1-12(2)10-16(7-4-5-8-16)15(19)17-9-6-14(18)13(3)11-17/h12-13H,4-11H2,1-3H3. The summed E-state index contributed by atoms with van der Waals surface area (Å²) in [4.78, 5) is 26.5. The van der Waals surface area contributed by atoms with Crippen LogP contribution >= 0.6 is 0 Å². The number of nitrogens with zero attached hydrogens (tertiary/aromatic N) is 1. The molecule has 1 aliphatic carbocycles. The summed E-state index contributed by atoms with van der Waals surface area (Å²) in [6.07, 6.45) is 6.00. The van der Waals surface area contributed by atoms with Gasteiger partial charge in [0.2, 0.25) is 5.91 Å². The Morgan fingerprint density at radius 3 is 2.53 bits per heavy atom. The molecule has 0 N–H and O–H groups in total. The van der Waals surface area contributed by atoms with Crippen LogP contribution in [0, 0.1) is 17.3 Å². The molecule has 1 amide bonds. The van der Waals surface area contributed by atoms with Crippen molar-refractivity contribution in [1.29, 1.82) is 0 Å². The first-order valence-electron chi connectivity index (χ1n) is 7.77. The molecular formula is C16H27NO2. The Hall–Kier alpha value is -0.860. The van der Waals surface area contributed by atoms with Crippen molar-refractivity contribution in [2.24, 2.45) is 17.3 Å². The third kappa shape index (κ3) is 3.01. The zero-order chi connectivity index (χ0) is 14.0. The highest BCUT2D eigenvalue weighted by atomic mass is 16.2. The molecule has 19 heavy (non-hydrogen) atoms. The number of hydrogen-bond acceptors (Lipinski definition) is 2. The van der Waals surface area contributed by atoms with E-state index in [0.717, 1.165) is 19.3 Å². The maximum absolute atomic E-state index is 12.9. The van der Waals surface area contributed by atoms with Crippen molar-refractivity contribution in [3.8, 4) is 0 Å². The van der Waals surface area contributed by atoms with Gasteiger partial charge < -0.3 is 4.90 Å². The van der Waals surface area contributed by atoms with Gasteiger partial charge in [0.25, 0.3) is 0 Å². The smallest absolute Gasteiger partial charge is 0.228 e. The van der Waals surface area contributed by atoms with Gasteiger partial charge in [-0.1, -0.05) is 33.6 Å². The van der Waals surface area contributed by atoms with E-state index in [4.69, 9.17) is 0 Å². The summed E-state index contributed by atoms with van der Waals surface area (Å²) in [6, 6.07) is 0. The number of Topliss-reactive ketones (excluding diaryl/α,β-unsaturated/α-hetero) is 1. The van der Waals surface area contributed by atoms with Gasteiger partial charge in [0.15, 0.2) is 0 Å². The molecule has 2 rings (SSSR count). The zero-order valence-corrected chi connectivity index (χ0v) is 12.6. The van der Waals surface area contributed by atoms with Crippen molar-refractivity contribution in [3.63, 3.8) is 0 Å². The fourth-order valence-electron chi connectivity index (χ4n) is 3.87. The molecule has 3 heteroatoms. The minimum atomic E-state index is -0.117. The van der Waals surface area contributed by atoms with Crippen molar-refractivity contribution < 1.29 is 9.59 Å². The van der Waals surface area contributed by atoms with Crippen molar-refractivity contribution in [3.05, 3.63) is 0 Å². The Bertz CT molecular complexity index is 356. The summed E-state index contributed by atoms with van der Waals surface area (Å²) in [5, 5.41) is 0. The molecule has 3 nitrogen and oxygen atoms in total. The predicted molar refractivity (Wildman–Crippen MR) is 75.7 cm³/mol.